The van der Waals surface area contributed by atoms with Crippen LogP contribution in [0.3, 0.4) is 0 Å². The summed E-state index contributed by atoms with van der Waals surface area (Å²) in [5, 5.41) is 17.3. The molecule has 1 aromatic carbocycles. The third-order valence-corrected chi connectivity index (χ3v) is 3.99. The van der Waals surface area contributed by atoms with Gasteiger partial charge in [0.05, 0.1) is 24.4 Å². The normalized spacial score (nSPS) is 12.2. The number of aromatic nitrogens is 2. The van der Waals surface area contributed by atoms with Gasteiger partial charge in [-0.05, 0) is 37.5 Å². The SMILES string of the molecule is CCCn1ncc(C(=O)N[C@@H](CO)Cc2ccc(Cl)cc2)c1C. The minimum Gasteiger partial charge on any atom is -0.394 e. The largest absolute Gasteiger partial charge is 0.394 e. The van der Waals surface area contributed by atoms with E-state index in [0.29, 0.717) is 17.0 Å². The average molecular weight is 336 g/mol. The molecule has 0 saturated heterocycles. The number of rotatable bonds is 7. The van der Waals surface area contributed by atoms with E-state index in [1.54, 1.807) is 18.3 Å². The summed E-state index contributed by atoms with van der Waals surface area (Å²) < 4.78 is 1.82. The fourth-order valence-corrected chi connectivity index (χ4v) is 2.56. The molecule has 0 fully saturated rings. The quantitative estimate of drug-likeness (QED) is 0.817. The van der Waals surface area contributed by atoms with Crippen LogP contribution in [0.5, 0.6) is 0 Å². The van der Waals surface area contributed by atoms with Crippen molar-refractivity contribution < 1.29 is 9.90 Å². The van der Waals surface area contributed by atoms with Crippen LogP contribution in [0.25, 0.3) is 0 Å². The number of aryl methyl sites for hydroxylation is 1. The number of hydrogen-bond acceptors (Lipinski definition) is 3. The van der Waals surface area contributed by atoms with Crippen LogP contribution in [-0.2, 0) is 13.0 Å². The Bertz CT molecular complexity index is 652. The first kappa shape index (κ1) is 17.5. The van der Waals surface area contributed by atoms with Crippen LogP contribution in [0.1, 0.15) is 35.0 Å². The fraction of sp³-hybridized carbons (Fsp3) is 0.412. The van der Waals surface area contributed by atoms with Gasteiger partial charge in [-0.25, -0.2) is 0 Å². The van der Waals surface area contributed by atoms with Crippen molar-refractivity contribution in [2.45, 2.75) is 39.3 Å². The predicted octanol–water partition coefficient (Wildman–Crippen LogP) is 2.59. The molecule has 0 aliphatic rings. The van der Waals surface area contributed by atoms with Crippen molar-refractivity contribution in [1.29, 1.82) is 0 Å². The second-order valence-electron chi connectivity index (χ2n) is 5.55. The van der Waals surface area contributed by atoms with Crippen molar-refractivity contribution in [1.82, 2.24) is 15.1 Å². The zero-order valence-corrected chi connectivity index (χ0v) is 14.2. The number of nitrogens with one attached hydrogen (secondary N) is 1. The van der Waals surface area contributed by atoms with E-state index in [4.69, 9.17) is 11.6 Å². The summed E-state index contributed by atoms with van der Waals surface area (Å²) in [6.07, 6.45) is 3.08. The van der Waals surface area contributed by atoms with Crippen LogP contribution < -0.4 is 5.32 Å². The summed E-state index contributed by atoms with van der Waals surface area (Å²) in [7, 11) is 0. The van der Waals surface area contributed by atoms with E-state index in [1.165, 1.54) is 0 Å². The Labute approximate surface area is 141 Å². The van der Waals surface area contributed by atoms with E-state index in [2.05, 4.69) is 17.3 Å². The van der Waals surface area contributed by atoms with E-state index in [1.807, 2.05) is 23.7 Å². The first-order chi connectivity index (χ1) is 11.0. The topological polar surface area (TPSA) is 67.2 Å². The standard InChI is InChI=1S/C17H22ClN3O2/c1-3-8-21-12(2)16(10-19-21)17(23)20-15(11-22)9-13-4-6-14(18)7-5-13/h4-7,10,15,22H,3,8-9,11H2,1-2H3,(H,20,23)/t15-/m1/s1. The Kier molecular flexibility index (Phi) is 6.19. The van der Waals surface area contributed by atoms with Crippen molar-refractivity contribution in [2.75, 3.05) is 6.61 Å². The zero-order chi connectivity index (χ0) is 16.8. The lowest BCUT2D eigenvalue weighted by molar-refractivity contribution is 0.0915. The number of hydrogen-bond donors (Lipinski definition) is 2. The molecule has 5 nitrogen and oxygen atoms in total. The average Bonchev–Trinajstić information content (AvgIpc) is 2.90. The van der Waals surface area contributed by atoms with Crippen LogP contribution in [0.2, 0.25) is 5.02 Å². The summed E-state index contributed by atoms with van der Waals surface area (Å²) in [5.74, 6) is -0.210. The molecule has 2 rings (SSSR count). The van der Waals surface area contributed by atoms with Crippen molar-refractivity contribution in [3.63, 3.8) is 0 Å². The number of halogens is 1. The van der Waals surface area contributed by atoms with Crippen molar-refractivity contribution >= 4 is 17.5 Å². The van der Waals surface area contributed by atoms with Crippen molar-refractivity contribution in [3.8, 4) is 0 Å². The number of carbonyl (C=O) groups is 1. The van der Waals surface area contributed by atoms with Crippen LogP contribution >= 0.6 is 11.6 Å². The minimum absolute atomic E-state index is 0.128. The van der Waals surface area contributed by atoms with E-state index in [0.717, 1.165) is 24.2 Å². The van der Waals surface area contributed by atoms with Gasteiger partial charge in [0.15, 0.2) is 0 Å². The molecule has 1 amide bonds. The molecule has 23 heavy (non-hydrogen) atoms. The highest BCUT2D eigenvalue weighted by atomic mass is 35.5. The molecule has 0 spiro atoms. The van der Waals surface area contributed by atoms with Gasteiger partial charge in [-0.1, -0.05) is 30.7 Å². The van der Waals surface area contributed by atoms with E-state index in [9.17, 15) is 9.90 Å². The van der Waals surface area contributed by atoms with Gasteiger partial charge in [-0.15, -0.1) is 0 Å². The number of benzene rings is 1. The van der Waals surface area contributed by atoms with Crippen molar-refractivity contribution in [3.05, 3.63) is 52.3 Å². The summed E-state index contributed by atoms with van der Waals surface area (Å²) in [4.78, 5) is 12.4. The smallest absolute Gasteiger partial charge is 0.255 e. The van der Waals surface area contributed by atoms with Gasteiger partial charge in [0.2, 0.25) is 0 Å². The molecule has 0 aliphatic heterocycles. The van der Waals surface area contributed by atoms with Gasteiger partial charge in [-0.2, -0.15) is 5.10 Å². The van der Waals surface area contributed by atoms with Crippen LogP contribution in [0, 0.1) is 6.92 Å². The van der Waals surface area contributed by atoms with Crippen molar-refractivity contribution in [2.24, 2.45) is 0 Å². The van der Waals surface area contributed by atoms with Crippen LogP contribution in [0.4, 0.5) is 0 Å². The number of carbonyl (C=O) groups excluding carboxylic acids is 1. The van der Waals surface area contributed by atoms with Crippen LogP contribution in [0.15, 0.2) is 30.5 Å². The molecule has 0 bridgehead atoms. The number of aliphatic hydroxyl groups is 1. The molecule has 0 unspecified atom stereocenters. The zero-order valence-electron chi connectivity index (χ0n) is 13.4. The predicted molar refractivity (Wildman–Crippen MR) is 90.8 cm³/mol. The number of aliphatic hydroxyl groups excluding tert-OH is 1. The Balaban J connectivity index is 2.03. The first-order valence-corrected chi connectivity index (χ1v) is 8.11. The van der Waals surface area contributed by atoms with Gasteiger partial charge in [0.1, 0.15) is 0 Å². The lowest BCUT2D eigenvalue weighted by Crippen LogP contribution is -2.39. The summed E-state index contributed by atoms with van der Waals surface area (Å²) in [5.41, 5.74) is 2.40. The van der Waals surface area contributed by atoms with Gasteiger partial charge < -0.3 is 10.4 Å². The molecule has 1 aromatic heterocycles. The summed E-state index contributed by atoms with van der Waals surface area (Å²) in [6.45, 7) is 4.60. The highest BCUT2D eigenvalue weighted by molar-refractivity contribution is 6.30. The maximum atomic E-state index is 12.4. The summed E-state index contributed by atoms with van der Waals surface area (Å²) >= 11 is 5.86. The summed E-state index contributed by atoms with van der Waals surface area (Å²) in [6, 6.07) is 7.03. The molecule has 0 radical (unpaired) electrons. The maximum Gasteiger partial charge on any atom is 0.255 e. The van der Waals surface area contributed by atoms with Gasteiger partial charge in [-0.3, -0.25) is 9.48 Å². The van der Waals surface area contributed by atoms with Gasteiger partial charge in [0, 0.05) is 17.3 Å². The molecule has 2 aromatic rings. The molecular formula is C17H22ClN3O2. The molecule has 1 atom stereocenters. The maximum absolute atomic E-state index is 12.4. The van der Waals surface area contributed by atoms with Gasteiger partial charge >= 0.3 is 0 Å². The lowest BCUT2D eigenvalue weighted by atomic mass is 10.1. The molecule has 1 heterocycles. The molecule has 124 valence electrons. The Morgan fingerprint density at radius 1 is 1.39 bits per heavy atom. The second kappa shape index (κ2) is 8.13. The van der Waals surface area contributed by atoms with Gasteiger partial charge in [0.25, 0.3) is 5.91 Å². The number of amides is 1. The van der Waals surface area contributed by atoms with Crippen LogP contribution in [-0.4, -0.2) is 33.4 Å². The minimum atomic E-state index is -0.349. The second-order valence-corrected chi connectivity index (χ2v) is 5.99. The van der Waals surface area contributed by atoms with E-state index < -0.39 is 0 Å². The van der Waals surface area contributed by atoms with E-state index in [-0.39, 0.29) is 18.6 Å². The monoisotopic (exact) mass is 335 g/mol. The number of nitrogens with zero attached hydrogens (tertiary/aromatic N) is 2. The lowest BCUT2D eigenvalue weighted by Gasteiger charge is -2.16. The Morgan fingerprint density at radius 3 is 2.70 bits per heavy atom. The molecule has 0 saturated carbocycles. The highest BCUT2D eigenvalue weighted by Gasteiger charge is 2.18. The fourth-order valence-electron chi connectivity index (χ4n) is 2.44. The molecule has 0 aliphatic carbocycles. The van der Waals surface area contributed by atoms with E-state index >= 15 is 0 Å². The third kappa shape index (κ3) is 4.56. The molecular weight excluding hydrogens is 314 g/mol. The Morgan fingerprint density at radius 2 is 2.09 bits per heavy atom. The Hall–Kier alpha value is -1.85. The molecule has 2 N–H and O–H groups in total. The third-order valence-electron chi connectivity index (χ3n) is 3.73. The molecule has 6 heteroatoms. The first-order valence-electron chi connectivity index (χ1n) is 7.73. The highest BCUT2D eigenvalue weighted by Crippen LogP contribution is 2.12.